The van der Waals surface area contributed by atoms with Crippen molar-refractivity contribution < 1.29 is 9.59 Å². The van der Waals surface area contributed by atoms with Crippen LogP contribution in [0.15, 0.2) is 72.9 Å². The monoisotopic (exact) mass is 388 g/mol. The SMILES string of the molecule is O=C(NCc1ccccn1)c1cccc(NC(=O)c2nsc3ccccc23)c1. The summed E-state index contributed by atoms with van der Waals surface area (Å²) in [5.41, 5.74) is 2.14. The summed E-state index contributed by atoms with van der Waals surface area (Å²) >= 11 is 1.28. The maximum absolute atomic E-state index is 12.6. The van der Waals surface area contributed by atoms with Gasteiger partial charge in [-0.2, -0.15) is 4.37 Å². The van der Waals surface area contributed by atoms with Crippen LogP contribution in [-0.4, -0.2) is 21.2 Å². The molecule has 2 aromatic carbocycles. The van der Waals surface area contributed by atoms with Crippen LogP contribution in [0.2, 0.25) is 0 Å². The Bertz CT molecular complexity index is 1140. The number of rotatable bonds is 5. The number of hydrogen-bond donors (Lipinski definition) is 2. The first-order valence-electron chi connectivity index (χ1n) is 8.64. The molecule has 7 heteroatoms. The first-order valence-corrected chi connectivity index (χ1v) is 9.42. The Morgan fingerprint density at radius 2 is 1.79 bits per heavy atom. The lowest BCUT2D eigenvalue weighted by Crippen LogP contribution is -2.23. The molecular weight excluding hydrogens is 372 g/mol. The average molecular weight is 388 g/mol. The molecule has 2 heterocycles. The predicted octanol–water partition coefficient (Wildman–Crippen LogP) is 3.87. The van der Waals surface area contributed by atoms with E-state index in [4.69, 9.17) is 0 Å². The number of benzene rings is 2. The summed E-state index contributed by atoms with van der Waals surface area (Å²) in [7, 11) is 0. The maximum atomic E-state index is 12.6. The van der Waals surface area contributed by atoms with Gasteiger partial charge in [0.25, 0.3) is 11.8 Å². The zero-order valence-electron chi connectivity index (χ0n) is 14.8. The second-order valence-electron chi connectivity index (χ2n) is 6.07. The summed E-state index contributed by atoms with van der Waals surface area (Å²) < 4.78 is 5.21. The summed E-state index contributed by atoms with van der Waals surface area (Å²) in [4.78, 5) is 29.2. The molecule has 2 aromatic heterocycles. The van der Waals surface area contributed by atoms with Gasteiger partial charge in [-0.05, 0) is 47.9 Å². The van der Waals surface area contributed by atoms with Crippen LogP contribution in [0.25, 0.3) is 10.1 Å². The van der Waals surface area contributed by atoms with Crippen molar-refractivity contribution >= 4 is 39.1 Å². The van der Waals surface area contributed by atoms with E-state index in [1.165, 1.54) is 11.5 Å². The molecule has 0 atom stereocenters. The molecule has 6 nitrogen and oxygen atoms in total. The third-order valence-electron chi connectivity index (χ3n) is 4.13. The number of carbonyl (C=O) groups excluding carboxylic acids is 2. The molecule has 28 heavy (non-hydrogen) atoms. The van der Waals surface area contributed by atoms with Gasteiger partial charge in [0.15, 0.2) is 0 Å². The quantitative estimate of drug-likeness (QED) is 0.544. The zero-order chi connectivity index (χ0) is 19.3. The predicted molar refractivity (Wildman–Crippen MR) is 109 cm³/mol. The van der Waals surface area contributed by atoms with E-state index >= 15 is 0 Å². The minimum absolute atomic E-state index is 0.235. The number of anilines is 1. The smallest absolute Gasteiger partial charge is 0.276 e. The summed E-state index contributed by atoms with van der Waals surface area (Å²) in [6.45, 7) is 0.334. The highest BCUT2D eigenvalue weighted by atomic mass is 32.1. The van der Waals surface area contributed by atoms with Gasteiger partial charge in [-0.3, -0.25) is 14.6 Å². The molecule has 0 aliphatic rings. The Labute approximate surface area is 165 Å². The van der Waals surface area contributed by atoms with Gasteiger partial charge in [0.05, 0.1) is 16.9 Å². The number of nitrogens with zero attached hydrogens (tertiary/aromatic N) is 2. The van der Waals surface area contributed by atoms with Crippen molar-refractivity contribution in [1.82, 2.24) is 14.7 Å². The number of pyridine rings is 1. The maximum Gasteiger partial charge on any atom is 0.276 e. The highest BCUT2D eigenvalue weighted by Gasteiger charge is 2.15. The molecule has 0 saturated carbocycles. The summed E-state index contributed by atoms with van der Waals surface area (Å²) in [6, 6.07) is 19.9. The van der Waals surface area contributed by atoms with Crippen LogP contribution in [0.1, 0.15) is 26.5 Å². The number of fused-ring (bicyclic) bond motifs is 1. The fraction of sp³-hybridized carbons (Fsp3) is 0.0476. The van der Waals surface area contributed by atoms with Crippen LogP contribution in [0, 0.1) is 0 Å². The van der Waals surface area contributed by atoms with Crippen molar-refractivity contribution in [2.24, 2.45) is 0 Å². The van der Waals surface area contributed by atoms with Gasteiger partial charge in [0.1, 0.15) is 5.69 Å². The van der Waals surface area contributed by atoms with Crippen molar-refractivity contribution in [2.45, 2.75) is 6.54 Å². The summed E-state index contributed by atoms with van der Waals surface area (Å²) in [5.74, 6) is -0.538. The summed E-state index contributed by atoms with van der Waals surface area (Å²) in [5, 5.41) is 6.46. The van der Waals surface area contributed by atoms with E-state index in [1.54, 1.807) is 30.5 Å². The van der Waals surface area contributed by atoms with Gasteiger partial charge in [0.2, 0.25) is 0 Å². The second-order valence-corrected chi connectivity index (χ2v) is 6.87. The lowest BCUT2D eigenvalue weighted by Gasteiger charge is -2.08. The van der Waals surface area contributed by atoms with Crippen LogP contribution in [0.5, 0.6) is 0 Å². The Hall–Kier alpha value is -3.58. The van der Waals surface area contributed by atoms with Gasteiger partial charge in [0, 0.05) is 22.8 Å². The lowest BCUT2D eigenvalue weighted by atomic mass is 10.1. The fourth-order valence-corrected chi connectivity index (χ4v) is 3.53. The first kappa shape index (κ1) is 17.8. The van der Waals surface area contributed by atoms with Gasteiger partial charge in [-0.1, -0.05) is 30.3 Å². The van der Waals surface area contributed by atoms with Crippen molar-refractivity contribution in [1.29, 1.82) is 0 Å². The van der Waals surface area contributed by atoms with E-state index in [-0.39, 0.29) is 11.8 Å². The number of nitrogens with one attached hydrogen (secondary N) is 2. The largest absolute Gasteiger partial charge is 0.346 e. The zero-order valence-corrected chi connectivity index (χ0v) is 15.6. The van der Waals surface area contributed by atoms with Crippen molar-refractivity contribution in [3.05, 3.63) is 89.9 Å². The van der Waals surface area contributed by atoms with Crippen LogP contribution in [0.3, 0.4) is 0 Å². The number of carbonyl (C=O) groups is 2. The molecule has 0 spiro atoms. The van der Waals surface area contributed by atoms with Crippen LogP contribution in [-0.2, 0) is 6.54 Å². The van der Waals surface area contributed by atoms with Crippen LogP contribution in [0.4, 0.5) is 5.69 Å². The number of hydrogen-bond acceptors (Lipinski definition) is 5. The summed E-state index contributed by atoms with van der Waals surface area (Å²) in [6.07, 6.45) is 1.68. The lowest BCUT2D eigenvalue weighted by molar-refractivity contribution is 0.0949. The Morgan fingerprint density at radius 1 is 0.929 bits per heavy atom. The van der Waals surface area contributed by atoms with Gasteiger partial charge < -0.3 is 10.6 Å². The molecule has 0 radical (unpaired) electrons. The van der Waals surface area contributed by atoms with Crippen LogP contribution < -0.4 is 10.6 Å². The third kappa shape index (κ3) is 3.89. The normalized spacial score (nSPS) is 10.6. The molecule has 138 valence electrons. The second kappa shape index (κ2) is 7.98. The molecule has 0 unspecified atom stereocenters. The van der Waals surface area contributed by atoms with Gasteiger partial charge >= 0.3 is 0 Å². The van der Waals surface area contributed by atoms with Crippen LogP contribution >= 0.6 is 11.5 Å². The van der Waals surface area contributed by atoms with Gasteiger partial charge in [-0.15, -0.1) is 0 Å². The van der Waals surface area contributed by atoms with Crippen molar-refractivity contribution in [2.75, 3.05) is 5.32 Å². The van der Waals surface area contributed by atoms with E-state index in [0.29, 0.717) is 23.5 Å². The number of aromatic nitrogens is 2. The molecule has 2 amide bonds. The highest BCUT2D eigenvalue weighted by molar-refractivity contribution is 7.13. The van der Waals surface area contributed by atoms with E-state index in [9.17, 15) is 9.59 Å². The fourth-order valence-electron chi connectivity index (χ4n) is 2.75. The highest BCUT2D eigenvalue weighted by Crippen LogP contribution is 2.23. The Balaban J connectivity index is 1.46. The van der Waals surface area contributed by atoms with E-state index in [2.05, 4.69) is 20.0 Å². The van der Waals surface area contributed by atoms with Crippen molar-refractivity contribution in [3.63, 3.8) is 0 Å². The average Bonchev–Trinajstić information content (AvgIpc) is 3.17. The number of amides is 2. The Kier molecular flexibility index (Phi) is 5.07. The minimum Gasteiger partial charge on any atom is -0.346 e. The first-order chi connectivity index (χ1) is 13.7. The molecule has 0 fully saturated rings. The molecule has 4 rings (SSSR count). The van der Waals surface area contributed by atoms with Crippen molar-refractivity contribution in [3.8, 4) is 0 Å². The minimum atomic E-state index is -0.302. The topological polar surface area (TPSA) is 84.0 Å². The standard InChI is InChI=1S/C21H16N4O2S/c26-20(23-13-16-7-3-4-11-22-16)14-6-5-8-15(12-14)24-21(27)19-17-9-1-2-10-18(17)28-25-19/h1-12H,13H2,(H,23,26)(H,24,27). The molecule has 2 N–H and O–H groups in total. The molecule has 0 aliphatic carbocycles. The molecule has 0 aliphatic heterocycles. The van der Waals surface area contributed by atoms with E-state index in [1.807, 2.05) is 42.5 Å². The van der Waals surface area contributed by atoms with Gasteiger partial charge in [-0.25, -0.2) is 0 Å². The molecule has 0 bridgehead atoms. The third-order valence-corrected chi connectivity index (χ3v) is 4.96. The molecular formula is C21H16N4O2S. The van der Waals surface area contributed by atoms with E-state index in [0.717, 1.165) is 15.8 Å². The Morgan fingerprint density at radius 3 is 2.64 bits per heavy atom. The van der Waals surface area contributed by atoms with E-state index < -0.39 is 0 Å². The molecule has 0 saturated heterocycles. The molecule has 4 aromatic rings.